The summed E-state index contributed by atoms with van der Waals surface area (Å²) in [6.45, 7) is 4.80. The molecular formula is C27H30N2O5. The zero-order valence-electron chi connectivity index (χ0n) is 19.5. The van der Waals surface area contributed by atoms with Crippen LogP contribution in [0.1, 0.15) is 53.3 Å². The molecule has 1 atom stereocenters. The van der Waals surface area contributed by atoms with Gasteiger partial charge in [-0.05, 0) is 49.3 Å². The van der Waals surface area contributed by atoms with E-state index in [0.29, 0.717) is 31.7 Å². The van der Waals surface area contributed by atoms with Crippen molar-refractivity contribution in [1.29, 1.82) is 0 Å². The van der Waals surface area contributed by atoms with Crippen LogP contribution < -0.4 is 4.74 Å². The summed E-state index contributed by atoms with van der Waals surface area (Å²) in [5.74, 6) is 0.418. The number of carbonyl (C=O) groups is 3. The van der Waals surface area contributed by atoms with Crippen molar-refractivity contribution in [3.63, 3.8) is 0 Å². The number of aryl methyl sites for hydroxylation is 1. The van der Waals surface area contributed by atoms with Gasteiger partial charge in [-0.15, -0.1) is 0 Å². The molecule has 0 bridgehead atoms. The van der Waals surface area contributed by atoms with Gasteiger partial charge in [0.1, 0.15) is 11.9 Å². The predicted molar refractivity (Wildman–Crippen MR) is 125 cm³/mol. The van der Waals surface area contributed by atoms with E-state index < -0.39 is 6.10 Å². The molecule has 1 spiro atoms. The summed E-state index contributed by atoms with van der Waals surface area (Å²) < 4.78 is 11.2. The van der Waals surface area contributed by atoms with Crippen LogP contribution in [0.15, 0.2) is 48.5 Å². The third kappa shape index (κ3) is 4.39. The Balaban J connectivity index is 1.11. The van der Waals surface area contributed by atoms with E-state index in [1.54, 1.807) is 12.1 Å². The number of fused-ring (bicyclic) bond motifs is 1. The summed E-state index contributed by atoms with van der Waals surface area (Å²) in [7, 11) is 0. The van der Waals surface area contributed by atoms with Crippen molar-refractivity contribution in [3.05, 3.63) is 65.2 Å². The number of amides is 2. The molecular weight excluding hydrogens is 432 g/mol. The van der Waals surface area contributed by atoms with Crippen LogP contribution in [0, 0.1) is 12.3 Å². The van der Waals surface area contributed by atoms with Crippen molar-refractivity contribution in [2.24, 2.45) is 5.41 Å². The molecule has 1 unspecified atom stereocenters. The highest BCUT2D eigenvalue weighted by atomic mass is 16.5. The fourth-order valence-electron chi connectivity index (χ4n) is 5.39. The lowest BCUT2D eigenvalue weighted by Crippen LogP contribution is -2.46. The second kappa shape index (κ2) is 9.12. The van der Waals surface area contributed by atoms with E-state index >= 15 is 0 Å². The number of rotatable bonds is 5. The Morgan fingerprint density at radius 3 is 2.41 bits per heavy atom. The summed E-state index contributed by atoms with van der Waals surface area (Å²) in [6.07, 6.45) is 2.39. The van der Waals surface area contributed by atoms with Crippen LogP contribution in [-0.2, 0) is 14.3 Å². The average molecular weight is 463 g/mol. The number of esters is 1. The van der Waals surface area contributed by atoms with Crippen molar-refractivity contribution in [3.8, 4) is 5.75 Å². The van der Waals surface area contributed by atoms with Gasteiger partial charge >= 0.3 is 5.97 Å². The molecule has 5 rings (SSSR count). The van der Waals surface area contributed by atoms with Gasteiger partial charge in [-0.2, -0.15) is 0 Å². The zero-order valence-corrected chi connectivity index (χ0v) is 19.5. The normalized spacial score (nSPS) is 20.9. The molecule has 0 aromatic heterocycles. The van der Waals surface area contributed by atoms with Gasteiger partial charge < -0.3 is 19.3 Å². The van der Waals surface area contributed by atoms with E-state index in [9.17, 15) is 14.4 Å². The van der Waals surface area contributed by atoms with Crippen molar-refractivity contribution < 1.29 is 23.9 Å². The van der Waals surface area contributed by atoms with E-state index in [0.717, 1.165) is 36.1 Å². The molecule has 3 aliphatic heterocycles. The van der Waals surface area contributed by atoms with Crippen LogP contribution in [0.2, 0.25) is 0 Å². The maximum atomic E-state index is 13.0. The standard InChI is InChI=1S/C27H30N2O5/c1-19-6-2-5-9-22(19)33-17-25(31)28-13-10-27(11-14-28)12-15-29(18-27)24(30)16-23-20-7-3-4-8-21(20)26(32)34-23/h2-9,23H,10-18H2,1H3. The molecule has 2 saturated heterocycles. The number of para-hydroxylation sites is 1. The Kier molecular flexibility index (Phi) is 6.02. The average Bonchev–Trinajstić information content (AvgIpc) is 3.40. The molecule has 0 saturated carbocycles. The fourth-order valence-corrected chi connectivity index (χ4v) is 5.39. The minimum absolute atomic E-state index is 0.00532. The van der Waals surface area contributed by atoms with Gasteiger partial charge in [-0.25, -0.2) is 4.79 Å². The Hall–Kier alpha value is -3.35. The fraction of sp³-hybridized carbons (Fsp3) is 0.444. The first kappa shape index (κ1) is 22.4. The van der Waals surface area contributed by atoms with Crippen molar-refractivity contribution in [2.75, 3.05) is 32.8 Å². The van der Waals surface area contributed by atoms with Gasteiger partial charge in [0.15, 0.2) is 6.61 Å². The second-order valence-corrected chi connectivity index (χ2v) is 9.69. The number of hydrogen-bond acceptors (Lipinski definition) is 5. The highest BCUT2D eigenvalue weighted by molar-refractivity contribution is 5.94. The Bertz CT molecular complexity index is 1110. The largest absolute Gasteiger partial charge is 0.484 e. The molecule has 0 radical (unpaired) electrons. The Morgan fingerprint density at radius 1 is 0.971 bits per heavy atom. The molecule has 2 fully saturated rings. The first-order valence-corrected chi connectivity index (χ1v) is 12.0. The van der Waals surface area contributed by atoms with Crippen molar-refractivity contribution in [1.82, 2.24) is 9.80 Å². The number of nitrogens with zero attached hydrogens (tertiary/aromatic N) is 2. The number of benzene rings is 2. The Morgan fingerprint density at radius 2 is 1.65 bits per heavy atom. The van der Waals surface area contributed by atoms with Crippen LogP contribution in [-0.4, -0.2) is 60.4 Å². The smallest absolute Gasteiger partial charge is 0.339 e. The van der Waals surface area contributed by atoms with Crippen molar-refractivity contribution in [2.45, 2.75) is 38.7 Å². The first-order valence-electron chi connectivity index (χ1n) is 12.0. The number of piperidine rings is 1. The van der Waals surface area contributed by atoms with E-state index in [2.05, 4.69) is 0 Å². The zero-order chi connectivity index (χ0) is 23.7. The summed E-state index contributed by atoms with van der Waals surface area (Å²) in [6, 6.07) is 15.0. The van der Waals surface area contributed by atoms with Crippen LogP contribution >= 0.6 is 0 Å². The van der Waals surface area contributed by atoms with Crippen LogP contribution in [0.5, 0.6) is 5.75 Å². The van der Waals surface area contributed by atoms with E-state index in [4.69, 9.17) is 9.47 Å². The minimum Gasteiger partial charge on any atom is -0.484 e. The van der Waals surface area contributed by atoms with Gasteiger partial charge in [-0.1, -0.05) is 36.4 Å². The van der Waals surface area contributed by atoms with Gasteiger partial charge in [0.05, 0.1) is 12.0 Å². The predicted octanol–water partition coefficient (Wildman–Crippen LogP) is 3.52. The molecule has 178 valence electrons. The maximum Gasteiger partial charge on any atom is 0.339 e. The van der Waals surface area contributed by atoms with Crippen LogP contribution in [0.25, 0.3) is 0 Å². The van der Waals surface area contributed by atoms with Crippen molar-refractivity contribution >= 4 is 17.8 Å². The first-order chi connectivity index (χ1) is 16.4. The summed E-state index contributed by atoms with van der Waals surface area (Å²) in [5, 5.41) is 0. The number of carbonyl (C=O) groups excluding carboxylic acids is 3. The lowest BCUT2D eigenvalue weighted by atomic mass is 9.78. The van der Waals surface area contributed by atoms with E-state index in [-0.39, 0.29) is 36.2 Å². The molecule has 2 aromatic rings. The van der Waals surface area contributed by atoms with E-state index in [1.165, 1.54) is 0 Å². The third-order valence-corrected chi connectivity index (χ3v) is 7.55. The quantitative estimate of drug-likeness (QED) is 0.636. The molecule has 34 heavy (non-hydrogen) atoms. The lowest BCUT2D eigenvalue weighted by molar-refractivity contribution is -0.137. The molecule has 0 aliphatic carbocycles. The SMILES string of the molecule is Cc1ccccc1OCC(=O)N1CCC2(CC1)CCN(C(=O)CC1OC(=O)c3ccccc31)C2. The molecule has 2 aromatic carbocycles. The highest BCUT2D eigenvalue weighted by Gasteiger charge is 2.43. The lowest BCUT2D eigenvalue weighted by Gasteiger charge is -2.39. The van der Waals surface area contributed by atoms with Crippen LogP contribution in [0.4, 0.5) is 0 Å². The number of ether oxygens (including phenoxy) is 2. The Labute approximate surface area is 199 Å². The number of hydrogen-bond donors (Lipinski definition) is 0. The molecule has 7 nitrogen and oxygen atoms in total. The molecule has 3 heterocycles. The topological polar surface area (TPSA) is 76.2 Å². The number of cyclic esters (lactones) is 1. The molecule has 7 heteroatoms. The maximum absolute atomic E-state index is 13.0. The minimum atomic E-state index is -0.500. The monoisotopic (exact) mass is 462 g/mol. The number of likely N-dealkylation sites (tertiary alicyclic amines) is 2. The highest BCUT2D eigenvalue weighted by Crippen LogP contribution is 2.41. The molecule has 3 aliphatic rings. The molecule has 2 amide bonds. The van der Waals surface area contributed by atoms with Crippen LogP contribution in [0.3, 0.4) is 0 Å². The second-order valence-electron chi connectivity index (χ2n) is 9.69. The summed E-state index contributed by atoms with van der Waals surface area (Å²) in [4.78, 5) is 41.5. The van der Waals surface area contributed by atoms with Gasteiger partial charge in [0, 0.05) is 31.7 Å². The third-order valence-electron chi connectivity index (χ3n) is 7.55. The van der Waals surface area contributed by atoms with Gasteiger partial charge in [0.25, 0.3) is 5.91 Å². The molecule has 0 N–H and O–H groups in total. The van der Waals surface area contributed by atoms with E-state index in [1.807, 2.05) is 53.1 Å². The van der Waals surface area contributed by atoms with Gasteiger partial charge in [-0.3, -0.25) is 9.59 Å². The van der Waals surface area contributed by atoms with Gasteiger partial charge in [0.2, 0.25) is 5.91 Å². The summed E-state index contributed by atoms with van der Waals surface area (Å²) in [5.41, 5.74) is 2.43. The summed E-state index contributed by atoms with van der Waals surface area (Å²) >= 11 is 0.